The highest BCUT2D eigenvalue weighted by Gasteiger charge is 2.17. The minimum atomic E-state index is -0.587. The lowest BCUT2D eigenvalue weighted by Crippen LogP contribution is -2.43. The van der Waals surface area contributed by atoms with Crippen LogP contribution in [0, 0.1) is 0 Å². The molecular formula is C14H18ClNO4. The Labute approximate surface area is 123 Å². The summed E-state index contributed by atoms with van der Waals surface area (Å²) in [4.78, 5) is 13.6. The first-order valence-corrected chi connectivity index (χ1v) is 6.91. The van der Waals surface area contributed by atoms with Crippen molar-refractivity contribution in [2.24, 2.45) is 0 Å². The molecule has 1 aliphatic heterocycles. The molecule has 1 fully saturated rings. The van der Waals surface area contributed by atoms with Crippen LogP contribution in [0.5, 0.6) is 5.75 Å². The summed E-state index contributed by atoms with van der Waals surface area (Å²) >= 11 is 6.06. The number of aliphatic hydroxyl groups excluding tert-OH is 1. The van der Waals surface area contributed by atoms with Crippen molar-refractivity contribution in [3.05, 3.63) is 28.8 Å². The molecule has 0 saturated carbocycles. The smallest absolute Gasteiger partial charge is 0.260 e. The van der Waals surface area contributed by atoms with Gasteiger partial charge in [-0.15, -0.1) is 0 Å². The fourth-order valence-corrected chi connectivity index (χ4v) is 2.18. The second kappa shape index (κ2) is 6.92. The van der Waals surface area contributed by atoms with Crippen LogP contribution in [0.3, 0.4) is 0 Å². The predicted molar refractivity (Wildman–Crippen MR) is 75.0 cm³/mol. The lowest BCUT2D eigenvalue weighted by Gasteiger charge is -2.26. The molecule has 1 saturated heterocycles. The van der Waals surface area contributed by atoms with Gasteiger partial charge in [0, 0.05) is 13.1 Å². The minimum absolute atomic E-state index is 0.0479. The standard InChI is InChI=1S/C14H18ClNO4/c1-10(17)11-2-3-13(12(15)8-11)20-9-14(18)16-4-6-19-7-5-16/h2-3,8,10,17H,4-7,9H2,1H3/t10-/m1/s1. The summed E-state index contributed by atoms with van der Waals surface area (Å²) in [5, 5.41) is 9.84. The van der Waals surface area contributed by atoms with Crippen LogP contribution in [0.2, 0.25) is 5.02 Å². The van der Waals surface area contributed by atoms with Crippen LogP contribution < -0.4 is 4.74 Å². The fourth-order valence-electron chi connectivity index (χ4n) is 1.94. The second-order valence-corrected chi connectivity index (χ2v) is 5.05. The van der Waals surface area contributed by atoms with Gasteiger partial charge in [0.2, 0.25) is 0 Å². The number of morpholine rings is 1. The summed E-state index contributed by atoms with van der Waals surface area (Å²) in [7, 11) is 0. The fraction of sp³-hybridized carbons (Fsp3) is 0.500. The van der Waals surface area contributed by atoms with E-state index in [4.69, 9.17) is 21.1 Å². The van der Waals surface area contributed by atoms with Crippen molar-refractivity contribution in [1.29, 1.82) is 0 Å². The van der Waals surface area contributed by atoms with Crippen LogP contribution in [0.15, 0.2) is 18.2 Å². The van der Waals surface area contributed by atoms with Gasteiger partial charge < -0.3 is 19.5 Å². The summed E-state index contributed by atoms with van der Waals surface area (Å²) in [6.45, 7) is 3.93. The average molecular weight is 300 g/mol. The number of hydrogen-bond donors (Lipinski definition) is 1. The van der Waals surface area contributed by atoms with Crippen molar-refractivity contribution in [2.75, 3.05) is 32.9 Å². The Morgan fingerprint density at radius 3 is 2.80 bits per heavy atom. The number of nitrogens with zero attached hydrogens (tertiary/aromatic N) is 1. The molecular weight excluding hydrogens is 282 g/mol. The molecule has 0 aliphatic carbocycles. The summed E-state index contributed by atoms with van der Waals surface area (Å²) in [5.74, 6) is 0.363. The lowest BCUT2D eigenvalue weighted by atomic mass is 10.1. The molecule has 0 bridgehead atoms. The normalized spacial score (nSPS) is 16.9. The van der Waals surface area contributed by atoms with Gasteiger partial charge in [-0.2, -0.15) is 0 Å². The van der Waals surface area contributed by atoms with E-state index in [0.29, 0.717) is 42.6 Å². The third-order valence-corrected chi connectivity index (χ3v) is 3.45. The third kappa shape index (κ3) is 3.85. The first-order valence-electron chi connectivity index (χ1n) is 6.54. The van der Waals surface area contributed by atoms with E-state index in [1.165, 1.54) is 0 Å². The second-order valence-electron chi connectivity index (χ2n) is 4.65. The van der Waals surface area contributed by atoms with Crippen LogP contribution in [0.1, 0.15) is 18.6 Å². The molecule has 1 atom stereocenters. The van der Waals surface area contributed by atoms with Crippen molar-refractivity contribution in [1.82, 2.24) is 4.90 Å². The molecule has 110 valence electrons. The van der Waals surface area contributed by atoms with Gasteiger partial charge in [0.15, 0.2) is 6.61 Å². The van der Waals surface area contributed by atoms with Crippen molar-refractivity contribution >= 4 is 17.5 Å². The van der Waals surface area contributed by atoms with Gasteiger partial charge in [0.05, 0.1) is 24.3 Å². The molecule has 1 N–H and O–H groups in total. The number of rotatable bonds is 4. The maximum absolute atomic E-state index is 11.9. The Morgan fingerprint density at radius 1 is 1.50 bits per heavy atom. The largest absolute Gasteiger partial charge is 0.482 e. The topological polar surface area (TPSA) is 59.0 Å². The Bertz CT molecular complexity index is 472. The van der Waals surface area contributed by atoms with E-state index in [-0.39, 0.29) is 12.5 Å². The third-order valence-electron chi connectivity index (χ3n) is 3.15. The number of hydrogen-bond acceptors (Lipinski definition) is 4. The monoisotopic (exact) mass is 299 g/mol. The Morgan fingerprint density at radius 2 is 2.20 bits per heavy atom. The Balaban J connectivity index is 1.91. The van der Waals surface area contributed by atoms with Crippen molar-refractivity contribution in [3.63, 3.8) is 0 Å². The first-order chi connectivity index (χ1) is 9.58. The highest BCUT2D eigenvalue weighted by Crippen LogP contribution is 2.27. The quantitative estimate of drug-likeness (QED) is 0.918. The molecule has 1 heterocycles. The number of carbonyl (C=O) groups excluding carboxylic acids is 1. The molecule has 20 heavy (non-hydrogen) atoms. The average Bonchev–Trinajstić information content (AvgIpc) is 2.46. The zero-order valence-corrected chi connectivity index (χ0v) is 12.1. The molecule has 1 aromatic carbocycles. The van der Waals surface area contributed by atoms with E-state index in [1.54, 1.807) is 30.0 Å². The van der Waals surface area contributed by atoms with Crippen LogP contribution in [-0.4, -0.2) is 48.8 Å². The maximum Gasteiger partial charge on any atom is 0.260 e. The van der Waals surface area contributed by atoms with Gasteiger partial charge in [-0.25, -0.2) is 0 Å². The summed E-state index contributed by atoms with van der Waals surface area (Å²) in [5.41, 5.74) is 0.710. The Kier molecular flexibility index (Phi) is 5.23. The van der Waals surface area contributed by atoms with Gasteiger partial charge in [0.1, 0.15) is 5.75 Å². The molecule has 0 spiro atoms. The highest BCUT2D eigenvalue weighted by atomic mass is 35.5. The highest BCUT2D eigenvalue weighted by molar-refractivity contribution is 6.32. The summed E-state index contributed by atoms with van der Waals surface area (Å²) in [6, 6.07) is 5.03. The van der Waals surface area contributed by atoms with Crippen molar-refractivity contribution in [3.8, 4) is 5.75 Å². The van der Waals surface area contributed by atoms with Crippen LogP contribution >= 0.6 is 11.6 Å². The molecule has 1 aromatic rings. The number of ether oxygens (including phenoxy) is 2. The van der Waals surface area contributed by atoms with Gasteiger partial charge in [0.25, 0.3) is 5.91 Å². The van der Waals surface area contributed by atoms with E-state index < -0.39 is 6.10 Å². The van der Waals surface area contributed by atoms with Crippen LogP contribution in [0.25, 0.3) is 0 Å². The van der Waals surface area contributed by atoms with E-state index in [9.17, 15) is 9.90 Å². The number of carbonyl (C=O) groups is 1. The maximum atomic E-state index is 11.9. The summed E-state index contributed by atoms with van der Waals surface area (Å²) in [6.07, 6.45) is -0.587. The van der Waals surface area contributed by atoms with Crippen molar-refractivity contribution in [2.45, 2.75) is 13.0 Å². The number of halogens is 1. The first kappa shape index (κ1) is 15.1. The van der Waals surface area contributed by atoms with Gasteiger partial charge in [-0.05, 0) is 24.6 Å². The van der Waals surface area contributed by atoms with Gasteiger partial charge in [-0.3, -0.25) is 4.79 Å². The Hall–Kier alpha value is -1.30. The van der Waals surface area contributed by atoms with E-state index in [0.717, 1.165) is 0 Å². The molecule has 0 radical (unpaired) electrons. The molecule has 6 heteroatoms. The van der Waals surface area contributed by atoms with E-state index in [1.807, 2.05) is 0 Å². The number of aliphatic hydroxyl groups is 1. The van der Waals surface area contributed by atoms with E-state index in [2.05, 4.69) is 0 Å². The molecule has 1 amide bonds. The summed E-state index contributed by atoms with van der Waals surface area (Å²) < 4.78 is 10.6. The molecule has 2 rings (SSSR count). The van der Waals surface area contributed by atoms with Crippen LogP contribution in [0.4, 0.5) is 0 Å². The minimum Gasteiger partial charge on any atom is -0.482 e. The SMILES string of the molecule is C[C@@H](O)c1ccc(OCC(=O)N2CCOCC2)c(Cl)c1. The van der Waals surface area contributed by atoms with Gasteiger partial charge in [-0.1, -0.05) is 17.7 Å². The number of amides is 1. The van der Waals surface area contributed by atoms with Gasteiger partial charge >= 0.3 is 0 Å². The molecule has 1 aliphatic rings. The lowest BCUT2D eigenvalue weighted by molar-refractivity contribution is -0.137. The molecule has 0 aromatic heterocycles. The molecule has 0 unspecified atom stereocenters. The number of benzene rings is 1. The van der Waals surface area contributed by atoms with E-state index >= 15 is 0 Å². The molecule has 5 nitrogen and oxygen atoms in total. The zero-order valence-electron chi connectivity index (χ0n) is 11.3. The predicted octanol–water partition coefficient (Wildman–Crippen LogP) is 1.63. The van der Waals surface area contributed by atoms with Crippen molar-refractivity contribution < 1.29 is 19.4 Å². The van der Waals surface area contributed by atoms with Crippen LogP contribution in [-0.2, 0) is 9.53 Å². The zero-order chi connectivity index (χ0) is 14.5.